The van der Waals surface area contributed by atoms with Gasteiger partial charge in [0.1, 0.15) is 10.7 Å². The minimum Gasteiger partial charge on any atom is -0.384 e. The Kier molecular flexibility index (Phi) is 4.01. The topological polar surface area (TPSA) is 49.9 Å². The maximum absolute atomic E-state index is 13.8. The minimum absolute atomic E-state index is 0.123. The molecule has 0 aromatic heterocycles. The molecule has 7 heteroatoms. The summed E-state index contributed by atoms with van der Waals surface area (Å²) in [5, 5.41) is 0. The van der Waals surface area contributed by atoms with E-state index in [1.54, 1.807) is 13.2 Å². The molecule has 5 nitrogen and oxygen atoms in total. The number of ether oxygens (including phenoxy) is 1. The summed E-state index contributed by atoms with van der Waals surface area (Å²) in [6.07, 6.45) is 0.917. The lowest BCUT2D eigenvalue weighted by atomic mass is 9.87. The lowest BCUT2D eigenvalue weighted by Crippen LogP contribution is -2.68. The van der Waals surface area contributed by atoms with E-state index >= 15 is 0 Å². The molecule has 2 heterocycles. The SMILES string of the molecule is COC[C@@H]1CN(C)C2(C1)CN(S(=O)(=O)c1ccccc1F)C2. The first-order valence-electron chi connectivity index (χ1n) is 7.34. The number of nitrogens with zero attached hydrogens (tertiary/aromatic N) is 2. The molecule has 0 N–H and O–H groups in total. The Hall–Kier alpha value is -1.02. The molecule has 3 rings (SSSR count). The summed E-state index contributed by atoms with van der Waals surface area (Å²) >= 11 is 0. The Labute approximate surface area is 130 Å². The standard InChI is InChI=1S/C15H21FN2O3S/c1-17-8-12(9-21-2)7-15(17)10-18(11-15)22(19,20)14-6-4-3-5-13(14)16/h3-6,12H,7-11H2,1-2H3/t12-/m0/s1. The lowest BCUT2D eigenvalue weighted by Gasteiger charge is -2.50. The molecule has 1 aromatic rings. The monoisotopic (exact) mass is 328 g/mol. The first-order valence-corrected chi connectivity index (χ1v) is 8.78. The van der Waals surface area contributed by atoms with Crippen LogP contribution >= 0.6 is 0 Å². The average molecular weight is 328 g/mol. The fraction of sp³-hybridized carbons (Fsp3) is 0.600. The Balaban J connectivity index is 1.75. The zero-order chi connectivity index (χ0) is 16.0. The molecule has 2 fully saturated rings. The Morgan fingerprint density at radius 1 is 1.36 bits per heavy atom. The van der Waals surface area contributed by atoms with Crippen LogP contribution in [0.15, 0.2) is 29.2 Å². The van der Waals surface area contributed by atoms with E-state index in [1.165, 1.54) is 22.5 Å². The summed E-state index contributed by atoms with van der Waals surface area (Å²) in [7, 11) is -0.0513. The molecule has 1 spiro atoms. The molecule has 2 saturated heterocycles. The molecule has 0 saturated carbocycles. The predicted molar refractivity (Wildman–Crippen MR) is 80.5 cm³/mol. The van der Waals surface area contributed by atoms with Crippen molar-refractivity contribution in [1.29, 1.82) is 0 Å². The highest BCUT2D eigenvalue weighted by atomic mass is 32.2. The number of methoxy groups -OCH3 is 1. The van der Waals surface area contributed by atoms with Gasteiger partial charge in [0, 0.05) is 32.3 Å². The molecular weight excluding hydrogens is 307 g/mol. The highest BCUT2D eigenvalue weighted by Crippen LogP contribution is 2.41. The summed E-state index contributed by atoms with van der Waals surface area (Å²) in [4.78, 5) is 1.98. The summed E-state index contributed by atoms with van der Waals surface area (Å²) in [5.74, 6) is -0.270. The second-order valence-electron chi connectivity index (χ2n) is 6.33. The molecule has 0 bridgehead atoms. The second-order valence-corrected chi connectivity index (χ2v) is 8.24. The van der Waals surface area contributed by atoms with Crippen LogP contribution in [0.4, 0.5) is 4.39 Å². The van der Waals surface area contributed by atoms with Gasteiger partial charge in [-0.3, -0.25) is 4.90 Å². The van der Waals surface area contributed by atoms with E-state index in [4.69, 9.17) is 4.74 Å². The first-order chi connectivity index (χ1) is 10.4. The van der Waals surface area contributed by atoms with Crippen LogP contribution in [0.1, 0.15) is 6.42 Å². The van der Waals surface area contributed by atoms with Crippen molar-refractivity contribution in [2.75, 3.05) is 40.4 Å². The highest BCUT2D eigenvalue weighted by Gasteiger charge is 2.55. The van der Waals surface area contributed by atoms with Gasteiger partial charge in [0.2, 0.25) is 10.0 Å². The van der Waals surface area contributed by atoms with E-state index < -0.39 is 15.8 Å². The van der Waals surface area contributed by atoms with E-state index in [1.807, 2.05) is 7.05 Å². The molecule has 1 atom stereocenters. The van der Waals surface area contributed by atoms with Gasteiger partial charge in [-0.1, -0.05) is 12.1 Å². The highest BCUT2D eigenvalue weighted by molar-refractivity contribution is 7.89. The number of rotatable bonds is 4. The van der Waals surface area contributed by atoms with Crippen molar-refractivity contribution >= 4 is 10.0 Å². The van der Waals surface area contributed by atoms with E-state index in [-0.39, 0.29) is 10.4 Å². The number of hydrogen-bond donors (Lipinski definition) is 0. The smallest absolute Gasteiger partial charge is 0.246 e. The van der Waals surface area contributed by atoms with Crippen molar-refractivity contribution in [2.45, 2.75) is 16.9 Å². The largest absolute Gasteiger partial charge is 0.384 e. The molecule has 1 aromatic carbocycles. The summed E-state index contributed by atoms with van der Waals surface area (Å²) < 4.78 is 45.4. The zero-order valence-electron chi connectivity index (χ0n) is 12.8. The Morgan fingerprint density at radius 3 is 2.68 bits per heavy atom. The summed E-state index contributed by atoms with van der Waals surface area (Å²) in [6.45, 7) is 2.42. The quantitative estimate of drug-likeness (QED) is 0.832. The van der Waals surface area contributed by atoms with Gasteiger partial charge < -0.3 is 4.74 Å². The van der Waals surface area contributed by atoms with Crippen molar-refractivity contribution < 1.29 is 17.5 Å². The third kappa shape index (κ3) is 2.46. The molecule has 122 valence electrons. The molecule has 0 aliphatic carbocycles. The van der Waals surface area contributed by atoms with Crippen molar-refractivity contribution in [3.63, 3.8) is 0 Å². The first kappa shape index (κ1) is 15.9. The van der Waals surface area contributed by atoms with E-state index in [0.717, 1.165) is 13.0 Å². The van der Waals surface area contributed by atoms with Crippen LogP contribution in [0.3, 0.4) is 0 Å². The molecule has 0 unspecified atom stereocenters. The van der Waals surface area contributed by atoms with Crippen LogP contribution < -0.4 is 0 Å². The number of sulfonamides is 1. The van der Waals surface area contributed by atoms with Crippen molar-refractivity contribution in [1.82, 2.24) is 9.21 Å². The number of likely N-dealkylation sites (tertiary alicyclic amines) is 1. The van der Waals surface area contributed by atoms with Gasteiger partial charge in [-0.05, 0) is 31.5 Å². The average Bonchev–Trinajstić information content (AvgIpc) is 2.74. The third-order valence-corrected chi connectivity index (χ3v) is 6.63. The van der Waals surface area contributed by atoms with Crippen LogP contribution in [-0.4, -0.2) is 63.6 Å². The van der Waals surface area contributed by atoms with E-state index in [0.29, 0.717) is 25.6 Å². The van der Waals surface area contributed by atoms with Crippen LogP contribution in [0.25, 0.3) is 0 Å². The van der Waals surface area contributed by atoms with Crippen LogP contribution in [0.2, 0.25) is 0 Å². The minimum atomic E-state index is -3.75. The molecule has 0 amide bonds. The molecule has 2 aliphatic rings. The fourth-order valence-electron chi connectivity index (χ4n) is 3.63. The fourth-order valence-corrected chi connectivity index (χ4v) is 5.29. The van der Waals surface area contributed by atoms with Crippen LogP contribution in [0, 0.1) is 11.7 Å². The number of halogens is 1. The number of hydrogen-bond acceptors (Lipinski definition) is 4. The van der Waals surface area contributed by atoms with E-state index in [9.17, 15) is 12.8 Å². The summed E-state index contributed by atoms with van der Waals surface area (Å²) in [5.41, 5.74) is -0.123. The van der Waals surface area contributed by atoms with Gasteiger partial charge in [0.15, 0.2) is 0 Å². The second kappa shape index (κ2) is 5.56. The predicted octanol–water partition coefficient (Wildman–Crippen LogP) is 1.17. The molecular formula is C15H21FN2O3S. The van der Waals surface area contributed by atoms with Gasteiger partial charge in [-0.25, -0.2) is 12.8 Å². The normalized spacial score (nSPS) is 25.5. The summed E-state index contributed by atoms with van der Waals surface area (Å²) in [6, 6.07) is 5.54. The number of likely N-dealkylation sites (N-methyl/N-ethyl adjacent to an activating group) is 1. The van der Waals surface area contributed by atoms with Gasteiger partial charge in [-0.2, -0.15) is 4.31 Å². The van der Waals surface area contributed by atoms with Crippen molar-refractivity contribution in [3.8, 4) is 0 Å². The maximum Gasteiger partial charge on any atom is 0.246 e. The van der Waals surface area contributed by atoms with Crippen molar-refractivity contribution in [2.24, 2.45) is 5.92 Å². The van der Waals surface area contributed by atoms with Gasteiger partial charge in [-0.15, -0.1) is 0 Å². The zero-order valence-corrected chi connectivity index (χ0v) is 13.6. The Bertz CT molecular complexity index is 659. The number of benzene rings is 1. The molecule has 22 heavy (non-hydrogen) atoms. The van der Waals surface area contributed by atoms with Crippen LogP contribution in [-0.2, 0) is 14.8 Å². The Morgan fingerprint density at radius 2 is 2.05 bits per heavy atom. The molecule has 0 radical (unpaired) electrons. The van der Waals surface area contributed by atoms with Gasteiger partial charge in [0.25, 0.3) is 0 Å². The van der Waals surface area contributed by atoms with E-state index in [2.05, 4.69) is 4.90 Å². The van der Waals surface area contributed by atoms with Crippen LogP contribution in [0.5, 0.6) is 0 Å². The van der Waals surface area contributed by atoms with Crippen molar-refractivity contribution in [3.05, 3.63) is 30.1 Å². The lowest BCUT2D eigenvalue weighted by molar-refractivity contribution is 0.0371. The molecule has 2 aliphatic heterocycles. The van der Waals surface area contributed by atoms with Gasteiger partial charge in [0.05, 0.1) is 6.61 Å². The maximum atomic E-state index is 13.8. The van der Waals surface area contributed by atoms with Gasteiger partial charge >= 0.3 is 0 Å². The third-order valence-electron chi connectivity index (χ3n) is 4.81.